The maximum Gasteiger partial charge on any atom is 0.286 e. The second kappa shape index (κ2) is 7.38. The lowest BCUT2D eigenvalue weighted by Gasteiger charge is -2.09. The van der Waals surface area contributed by atoms with E-state index < -0.39 is 0 Å². The van der Waals surface area contributed by atoms with Crippen molar-refractivity contribution in [2.75, 3.05) is 0 Å². The number of hydrogen-bond donors (Lipinski definition) is 1. The van der Waals surface area contributed by atoms with E-state index in [2.05, 4.69) is 52.5 Å². The molecule has 0 spiro atoms. The van der Waals surface area contributed by atoms with Crippen LogP contribution in [-0.2, 0) is 24.2 Å². The number of aromatic nitrogens is 1. The van der Waals surface area contributed by atoms with Gasteiger partial charge < -0.3 is 4.57 Å². The molecule has 0 saturated carbocycles. The van der Waals surface area contributed by atoms with Gasteiger partial charge in [0.2, 0.25) is 5.91 Å². The maximum absolute atomic E-state index is 11.8. The number of amides is 2. The Kier molecular flexibility index (Phi) is 4.80. The van der Waals surface area contributed by atoms with Crippen molar-refractivity contribution >= 4 is 33.8 Å². The van der Waals surface area contributed by atoms with E-state index in [1.165, 1.54) is 16.5 Å². The topological polar surface area (TPSA) is 51.1 Å². The summed E-state index contributed by atoms with van der Waals surface area (Å²) in [5.41, 5.74) is 3.66. The van der Waals surface area contributed by atoms with Gasteiger partial charge >= 0.3 is 0 Å². The molecule has 1 fully saturated rings. The lowest BCUT2D eigenvalue weighted by Crippen LogP contribution is -2.25. The predicted octanol–water partition coefficient (Wildman–Crippen LogP) is 4.17. The smallest absolute Gasteiger partial charge is 0.286 e. The molecule has 3 aromatic rings. The standard InChI is InChI=1S/C21H20N2O2S/c24-20-19(26-21(25)22-20)14-16-9-4-10-18-17(16)11-13-23(18)12-5-8-15-6-2-1-3-7-15/h1-4,6-7,9-11,13,19H,5,8,12,14H2,(H,22,24,25). The molecule has 5 heteroatoms. The van der Waals surface area contributed by atoms with Gasteiger partial charge in [-0.2, -0.15) is 0 Å². The fourth-order valence-electron chi connectivity index (χ4n) is 3.49. The Bertz CT molecular complexity index is 949. The first-order chi connectivity index (χ1) is 12.7. The summed E-state index contributed by atoms with van der Waals surface area (Å²) in [6.45, 7) is 0.957. The zero-order valence-corrected chi connectivity index (χ0v) is 15.2. The van der Waals surface area contributed by atoms with E-state index in [4.69, 9.17) is 0 Å². The van der Waals surface area contributed by atoms with Gasteiger partial charge in [0.15, 0.2) is 0 Å². The van der Waals surface area contributed by atoms with Crippen LogP contribution in [0.1, 0.15) is 17.5 Å². The molecule has 4 rings (SSSR count). The SMILES string of the molecule is O=C1NC(=O)C(Cc2cccc3c2ccn3CCCc2ccccc2)S1. The van der Waals surface area contributed by atoms with Crippen LogP contribution < -0.4 is 5.32 Å². The van der Waals surface area contributed by atoms with Crippen LogP contribution in [0.4, 0.5) is 4.79 Å². The molecular weight excluding hydrogens is 344 g/mol. The zero-order chi connectivity index (χ0) is 17.9. The first kappa shape index (κ1) is 16.9. The van der Waals surface area contributed by atoms with Crippen molar-refractivity contribution in [1.82, 2.24) is 9.88 Å². The highest BCUT2D eigenvalue weighted by molar-refractivity contribution is 8.15. The summed E-state index contributed by atoms with van der Waals surface area (Å²) in [7, 11) is 0. The van der Waals surface area contributed by atoms with Crippen LogP contribution >= 0.6 is 11.8 Å². The van der Waals surface area contributed by atoms with E-state index in [1.807, 2.05) is 18.2 Å². The summed E-state index contributed by atoms with van der Waals surface area (Å²) in [6.07, 6.45) is 4.83. The first-order valence-corrected chi connectivity index (χ1v) is 9.71. The van der Waals surface area contributed by atoms with Gasteiger partial charge in [0.05, 0.1) is 5.25 Å². The minimum atomic E-state index is -0.325. The Hall–Kier alpha value is -2.53. The van der Waals surface area contributed by atoms with Crippen molar-refractivity contribution in [3.05, 3.63) is 71.9 Å². The van der Waals surface area contributed by atoms with Crippen molar-refractivity contribution in [3.8, 4) is 0 Å². The highest BCUT2D eigenvalue weighted by Crippen LogP contribution is 2.27. The lowest BCUT2D eigenvalue weighted by atomic mass is 10.0. The molecule has 26 heavy (non-hydrogen) atoms. The molecule has 0 radical (unpaired) electrons. The number of imide groups is 1. The van der Waals surface area contributed by atoms with E-state index in [0.717, 1.165) is 36.7 Å². The summed E-state index contributed by atoms with van der Waals surface area (Å²) in [6, 6.07) is 18.8. The van der Waals surface area contributed by atoms with Crippen LogP contribution in [0.5, 0.6) is 0 Å². The number of nitrogens with one attached hydrogen (secondary N) is 1. The molecule has 1 N–H and O–H groups in total. The second-order valence-electron chi connectivity index (χ2n) is 6.54. The van der Waals surface area contributed by atoms with Gasteiger partial charge in [-0.15, -0.1) is 0 Å². The number of rotatable bonds is 6. The normalized spacial score (nSPS) is 17.0. The Labute approximate surface area is 156 Å². The van der Waals surface area contributed by atoms with E-state index >= 15 is 0 Å². The van der Waals surface area contributed by atoms with Crippen molar-refractivity contribution in [1.29, 1.82) is 0 Å². The van der Waals surface area contributed by atoms with Crippen LogP contribution in [-0.4, -0.2) is 21.0 Å². The summed E-state index contributed by atoms with van der Waals surface area (Å²) in [4.78, 5) is 23.2. The number of carbonyl (C=O) groups excluding carboxylic acids is 2. The molecule has 1 unspecified atom stereocenters. The molecule has 0 bridgehead atoms. The number of thioether (sulfide) groups is 1. The van der Waals surface area contributed by atoms with Crippen LogP contribution in [0.3, 0.4) is 0 Å². The molecular formula is C21H20N2O2S. The molecule has 1 aliphatic rings. The van der Waals surface area contributed by atoms with E-state index in [9.17, 15) is 9.59 Å². The van der Waals surface area contributed by atoms with Crippen LogP contribution in [0, 0.1) is 0 Å². The van der Waals surface area contributed by atoms with E-state index in [0.29, 0.717) is 6.42 Å². The first-order valence-electron chi connectivity index (χ1n) is 8.83. The molecule has 0 aliphatic carbocycles. The molecule has 4 nitrogen and oxygen atoms in total. The number of aryl methyl sites for hydroxylation is 2. The minimum Gasteiger partial charge on any atom is -0.347 e. The third kappa shape index (κ3) is 3.53. The molecule has 132 valence electrons. The van der Waals surface area contributed by atoms with Crippen LogP contribution in [0.2, 0.25) is 0 Å². The lowest BCUT2D eigenvalue weighted by molar-refractivity contribution is -0.118. The van der Waals surface area contributed by atoms with Crippen LogP contribution in [0.25, 0.3) is 10.9 Å². The Balaban J connectivity index is 1.48. The van der Waals surface area contributed by atoms with E-state index in [1.54, 1.807) is 0 Å². The molecule has 1 atom stereocenters. The Morgan fingerprint density at radius 3 is 2.62 bits per heavy atom. The summed E-state index contributed by atoms with van der Waals surface area (Å²) < 4.78 is 2.27. The number of nitrogens with zero attached hydrogens (tertiary/aromatic N) is 1. The average Bonchev–Trinajstić information content (AvgIpc) is 3.20. The third-order valence-corrected chi connectivity index (χ3v) is 5.76. The van der Waals surface area contributed by atoms with Gasteiger partial charge in [-0.3, -0.25) is 14.9 Å². The highest BCUT2D eigenvalue weighted by Gasteiger charge is 2.31. The van der Waals surface area contributed by atoms with Gasteiger partial charge in [0, 0.05) is 23.6 Å². The number of benzene rings is 2. The molecule has 2 amide bonds. The molecule has 1 aromatic heterocycles. The Morgan fingerprint density at radius 1 is 1.00 bits per heavy atom. The summed E-state index contributed by atoms with van der Waals surface area (Å²) in [5, 5.41) is 2.96. The fraction of sp³-hybridized carbons (Fsp3) is 0.238. The van der Waals surface area contributed by atoms with Crippen molar-refractivity contribution < 1.29 is 9.59 Å². The molecule has 2 heterocycles. The summed E-state index contributed by atoms with van der Waals surface area (Å²) >= 11 is 1.09. The third-order valence-electron chi connectivity index (χ3n) is 4.78. The predicted molar refractivity (Wildman–Crippen MR) is 105 cm³/mol. The molecule has 1 aliphatic heterocycles. The highest BCUT2D eigenvalue weighted by atomic mass is 32.2. The average molecular weight is 364 g/mol. The quantitative estimate of drug-likeness (QED) is 0.714. The van der Waals surface area contributed by atoms with Gasteiger partial charge in [-0.1, -0.05) is 54.2 Å². The minimum absolute atomic E-state index is 0.181. The molecule has 1 saturated heterocycles. The molecule has 2 aromatic carbocycles. The number of hydrogen-bond acceptors (Lipinski definition) is 3. The van der Waals surface area contributed by atoms with Gasteiger partial charge in [-0.25, -0.2) is 0 Å². The summed E-state index contributed by atoms with van der Waals surface area (Å²) in [5.74, 6) is -0.181. The zero-order valence-electron chi connectivity index (χ0n) is 14.4. The van der Waals surface area contributed by atoms with E-state index in [-0.39, 0.29) is 16.4 Å². The Morgan fingerprint density at radius 2 is 1.85 bits per heavy atom. The van der Waals surface area contributed by atoms with Crippen molar-refractivity contribution in [2.24, 2.45) is 0 Å². The second-order valence-corrected chi connectivity index (χ2v) is 7.71. The van der Waals surface area contributed by atoms with Gasteiger partial charge in [0.1, 0.15) is 0 Å². The van der Waals surface area contributed by atoms with Gasteiger partial charge in [0.25, 0.3) is 5.24 Å². The number of fused-ring (bicyclic) bond motifs is 1. The van der Waals surface area contributed by atoms with Crippen molar-refractivity contribution in [3.63, 3.8) is 0 Å². The monoisotopic (exact) mass is 364 g/mol. The largest absolute Gasteiger partial charge is 0.347 e. The number of carbonyl (C=O) groups is 2. The maximum atomic E-state index is 11.8. The fourth-order valence-corrected chi connectivity index (χ4v) is 4.33. The van der Waals surface area contributed by atoms with Crippen molar-refractivity contribution in [2.45, 2.75) is 31.1 Å². The van der Waals surface area contributed by atoms with Crippen LogP contribution in [0.15, 0.2) is 60.8 Å². The van der Waals surface area contributed by atoms with Gasteiger partial charge in [-0.05, 0) is 42.5 Å².